The molecule has 0 atom stereocenters. The van der Waals surface area contributed by atoms with Crippen molar-refractivity contribution in [3.05, 3.63) is 0 Å². The first-order valence-corrected chi connectivity index (χ1v) is 3.37. The van der Waals surface area contributed by atoms with Gasteiger partial charge >= 0.3 is 83.3 Å². The average molecular weight is 228 g/mol. The zero-order chi connectivity index (χ0) is 7.21. The average Bonchev–Trinajstić information content (AvgIpc) is 1.27. The second kappa shape index (κ2) is 14.1. The van der Waals surface area contributed by atoms with Crippen LogP contribution in [-0.4, -0.2) is 102 Å². The third-order valence-electron chi connectivity index (χ3n) is 0. The Morgan fingerprint density at radius 2 is 1.30 bits per heavy atom. The molecule has 60 valence electrons. The van der Waals surface area contributed by atoms with Crippen LogP contribution in [-0.2, 0) is 4.57 Å². The molecular weight excluding hydrogens is 215 g/mol. The molecule has 10 heavy (non-hydrogen) atoms. The van der Waals surface area contributed by atoms with Crippen molar-refractivity contribution in [1.29, 1.82) is 0 Å². The molecular formula is C2H13Ca2O5P. The maximum Gasteiger partial charge on any atom is 2.00 e. The summed E-state index contributed by atoms with van der Waals surface area (Å²) in [5.74, 6) is 0. The molecule has 0 aliphatic rings. The Labute approximate surface area is 125 Å². The minimum Gasteiger partial charge on any atom is -1.00 e. The molecule has 0 fully saturated rings. The number of hydrogen-bond acceptors (Lipinski definition) is 2. The maximum atomic E-state index is 8.88. The number of rotatable bonds is 0. The van der Waals surface area contributed by atoms with E-state index < -0.39 is 7.82 Å². The van der Waals surface area contributed by atoms with Crippen LogP contribution in [0.5, 0.6) is 0 Å². The molecule has 0 saturated heterocycles. The monoisotopic (exact) mass is 228 g/mol. The van der Waals surface area contributed by atoms with Crippen LogP contribution in [0, 0.1) is 0 Å². The standard InChI is InChI=1S/C2H6O.2Ca.H3O4P.4H/c1-2-3;;;1-5(2,3)4;;;;/h3H,2H2,1H3;;;(H3,1,2,3,4);;;;/q;2*+2;;4*-1. The van der Waals surface area contributed by atoms with E-state index in [4.69, 9.17) is 24.4 Å². The molecule has 0 heterocycles. The Balaban J connectivity index is -0.00000000626. The summed E-state index contributed by atoms with van der Waals surface area (Å²) in [5.41, 5.74) is 0. The van der Waals surface area contributed by atoms with Gasteiger partial charge in [-0.1, -0.05) is 0 Å². The molecule has 0 saturated carbocycles. The van der Waals surface area contributed by atoms with E-state index in [2.05, 4.69) is 0 Å². The van der Waals surface area contributed by atoms with Crippen LogP contribution in [0.15, 0.2) is 0 Å². The van der Waals surface area contributed by atoms with Gasteiger partial charge in [-0.05, 0) is 6.92 Å². The van der Waals surface area contributed by atoms with E-state index in [1.54, 1.807) is 6.92 Å². The van der Waals surface area contributed by atoms with E-state index in [0.29, 0.717) is 0 Å². The largest absolute Gasteiger partial charge is 2.00 e. The molecule has 0 aromatic carbocycles. The predicted molar refractivity (Wildman–Crippen MR) is 43.0 cm³/mol. The van der Waals surface area contributed by atoms with Gasteiger partial charge < -0.3 is 25.5 Å². The van der Waals surface area contributed by atoms with E-state index >= 15 is 0 Å². The molecule has 0 unspecified atom stereocenters. The van der Waals surface area contributed by atoms with Crippen LogP contribution < -0.4 is 0 Å². The van der Waals surface area contributed by atoms with E-state index in [1.165, 1.54) is 0 Å². The van der Waals surface area contributed by atoms with Crippen LogP contribution in [0.4, 0.5) is 0 Å². The molecule has 0 aromatic rings. The van der Waals surface area contributed by atoms with Crippen molar-refractivity contribution in [1.82, 2.24) is 0 Å². The molecule has 0 aromatic heterocycles. The Bertz CT molecular complexity index is 85.5. The molecule has 8 heteroatoms. The summed E-state index contributed by atoms with van der Waals surface area (Å²) in [7, 11) is -4.64. The third kappa shape index (κ3) is 145. The Morgan fingerprint density at radius 3 is 1.30 bits per heavy atom. The summed E-state index contributed by atoms with van der Waals surface area (Å²) >= 11 is 0. The first-order chi connectivity index (χ1) is 3.41. The van der Waals surface area contributed by atoms with Crippen LogP contribution in [0.2, 0.25) is 0 Å². The Kier molecular flexibility index (Phi) is 32.4. The minimum atomic E-state index is -4.64. The quantitative estimate of drug-likeness (QED) is 0.307. The van der Waals surface area contributed by atoms with Crippen LogP contribution in [0.1, 0.15) is 12.6 Å². The molecule has 5 nitrogen and oxygen atoms in total. The van der Waals surface area contributed by atoms with Gasteiger partial charge in [0.05, 0.1) is 0 Å². The third-order valence-corrected chi connectivity index (χ3v) is 0. The van der Waals surface area contributed by atoms with Gasteiger partial charge in [0.2, 0.25) is 0 Å². The number of aliphatic hydroxyl groups is 1. The Morgan fingerprint density at radius 1 is 1.30 bits per heavy atom. The van der Waals surface area contributed by atoms with Gasteiger partial charge in [-0.3, -0.25) is 0 Å². The fourth-order valence-corrected chi connectivity index (χ4v) is 0. The van der Waals surface area contributed by atoms with Gasteiger partial charge in [0.25, 0.3) is 0 Å². The van der Waals surface area contributed by atoms with Gasteiger partial charge in [-0.25, -0.2) is 4.57 Å². The van der Waals surface area contributed by atoms with Crippen molar-refractivity contribution in [3.63, 3.8) is 0 Å². The van der Waals surface area contributed by atoms with Crippen molar-refractivity contribution in [2.75, 3.05) is 6.61 Å². The summed E-state index contributed by atoms with van der Waals surface area (Å²) in [6.45, 7) is 1.93. The van der Waals surface area contributed by atoms with Gasteiger partial charge in [0.15, 0.2) is 0 Å². The fraction of sp³-hybridized carbons (Fsp3) is 1.00. The van der Waals surface area contributed by atoms with Gasteiger partial charge in [-0.15, -0.1) is 0 Å². The molecule has 0 rings (SSSR count). The number of hydrogen-bond donors (Lipinski definition) is 4. The second-order valence-electron chi connectivity index (χ2n) is 0.830. The van der Waals surface area contributed by atoms with Crippen molar-refractivity contribution < 1.29 is 30.1 Å². The Hall–Kier alpha value is 2.59. The van der Waals surface area contributed by atoms with E-state index in [-0.39, 0.29) is 87.8 Å². The van der Waals surface area contributed by atoms with Crippen molar-refractivity contribution in [2.24, 2.45) is 0 Å². The molecule has 0 aliphatic heterocycles. The molecule has 0 aliphatic carbocycles. The van der Waals surface area contributed by atoms with E-state index in [9.17, 15) is 0 Å². The normalized spacial score (nSPS) is 7.70. The van der Waals surface area contributed by atoms with Gasteiger partial charge in [0.1, 0.15) is 0 Å². The summed E-state index contributed by atoms with van der Waals surface area (Å²) in [5, 5.41) is 7.57. The first kappa shape index (κ1) is 22.9. The summed E-state index contributed by atoms with van der Waals surface area (Å²) in [6, 6.07) is 0. The predicted octanol–water partition coefficient (Wildman–Crippen LogP) is -1.24. The smallest absolute Gasteiger partial charge is 1.00 e. The van der Waals surface area contributed by atoms with Crippen molar-refractivity contribution in [2.45, 2.75) is 6.92 Å². The molecule has 0 spiro atoms. The zero-order valence-electron chi connectivity index (χ0n) is 9.77. The summed E-state index contributed by atoms with van der Waals surface area (Å²) in [6.07, 6.45) is 0. The number of aliphatic hydroxyl groups excluding tert-OH is 1. The van der Waals surface area contributed by atoms with E-state index in [0.717, 1.165) is 0 Å². The summed E-state index contributed by atoms with van der Waals surface area (Å²) in [4.78, 5) is 21.6. The van der Waals surface area contributed by atoms with E-state index in [1.807, 2.05) is 0 Å². The van der Waals surface area contributed by atoms with Gasteiger partial charge in [0, 0.05) is 6.61 Å². The van der Waals surface area contributed by atoms with Crippen LogP contribution in [0.25, 0.3) is 0 Å². The summed E-state index contributed by atoms with van der Waals surface area (Å²) < 4.78 is 8.88. The van der Waals surface area contributed by atoms with Crippen molar-refractivity contribution in [3.8, 4) is 0 Å². The van der Waals surface area contributed by atoms with Crippen molar-refractivity contribution >= 4 is 83.3 Å². The SMILES string of the molecule is CCO.O=P(O)(O)O.[Ca+2].[Ca+2].[H-].[H-].[H-].[H-]. The van der Waals surface area contributed by atoms with Crippen LogP contribution in [0.3, 0.4) is 0 Å². The second-order valence-corrected chi connectivity index (χ2v) is 1.86. The number of phosphoric acid groups is 1. The molecule has 0 amide bonds. The molecule has 0 bridgehead atoms. The topological polar surface area (TPSA) is 98.0 Å². The fourth-order valence-electron chi connectivity index (χ4n) is 0. The minimum absolute atomic E-state index is 0. The maximum absolute atomic E-state index is 8.88. The zero-order valence-corrected chi connectivity index (χ0v) is 11.1. The van der Waals surface area contributed by atoms with Gasteiger partial charge in [-0.2, -0.15) is 0 Å². The molecule has 4 N–H and O–H groups in total. The molecule has 0 radical (unpaired) electrons. The first-order valence-electron chi connectivity index (χ1n) is 1.81. The van der Waals surface area contributed by atoms with Crippen LogP contribution >= 0.6 is 7.82 Å².